The zero-order valence-electron chi connectivity index (χ0n) is 12.6. The highest BCUT2D eigenvalue weighted by molar-refractivity contribution is 6.03. The molecule has 3 aromatic heterocycles. The molecule has 8 heteroatoms. The van der Waals surface area contributed by atoms with Crippen LogP contribution in [0.4, 0.5) is 5.69 Å². The van der Waals surface area contributed by atoms with Gasteiger partial charge in [0.05, 0.1) is 11.9 Å². The van der Waals surface area contributed by atoms with Gasteiger partial charge >= 0.3 is 0 Å². The number of rotatable bonds is 6. The molecule has 0 unspecified atom stereocenters. The summed E-state index contributed by atoms with van der Waals surface area (Å²) in [6, 6.07) is 3.29. The molecule has 0 aliphatic rings. The van der Waals surface area contributed by atoms with E-state index in [4.69, 9.17) is 4.52 Å². The number of amides is 1. The van der Waals surface area contributed by atoms with Crippen molar-refractivity contribution in [1.29, 1.82) is 0 Å². The highest BCUT2D eigenvalue weighted by atomic mass is 16.5. The molecule has 0 atom stereocenters. The maximum atomic E-state index is 12.0. The summed E-state index contributed by atoms with van der Waals surface area (Å²) in [6.07, 6.45) is 8.15. The highest BCUT2D eigenvalue weighted by Gasteiger charge is 2.09. The van der Waals surface area contributed by atoms with Gasteiger partial charge in [0.1, 0.15) is 6.54 Å². The van der Waals surface area contributed by atoms with E-state index in [1.54, 1.807) is 41.6 Å². The Morgan fingerprint density at radius 1 is 1.35 bits per heavy atom. The normalized spacial score (nSPS) is 10.7. The fraction of sp³-hybridized carbons (Fsp3) is 0.267. The first kappa shape index (κ1) is 14.9. The van der Waals surface area contributed by atoms with Crippen molar-refractivity contribution in [3.8, 4) is 0 Å². The molecule has 0 bridgehead atoms. The number of nitrogens with one attached hydrogen (secondary N) is 1. The van der Waals surface area contributed by atoms with Crippen molar-refractivity contribution in [3.05, 3.63) is 54.2 Å². The van der Waals surface area contributed by atoms with Crippen molar-refractivity contribution in [1.82, 2.24) is 24.9 Å². The topological polar surface area (TPSA) is 98.7 Å². The average Bonchev–Trinajstić information content (AvgIpc) is 3.19. The zero-order chi connectivity index (χ0) is 16.1. The Labute approximate surface area is 132 Å². The van der Waals surface area contributed by atoms with Crippen LogP contribution in [0, 0.1) is 0 Å². The number of pyridine rings is 1. The van der Waals surface area contributed by atoms with Gasteiger partial charge in [-0.2, -0.15) is 10.1 Å². The van der Waals surface area contributed by atoms with Crippen molar-refractivity contribution >= 4 is 11.6 Å². The summed E-state index contributed by atoms with van der Waals surface area (Å²) in [5.74, 6) is 0.973. The van der Waals surface area contributed by atoms with Crippen LogP contribution in [0.3, 0.4) is 0 Å². The molecule has 0 aliphatic heterocycles. The molecule has 1 N–H and O–H groups in total. The lowest BCUT2D eigenvalue weighted by atomic mass is 10.2. The van der Waals surface area contributed by atoms with Crippen LogP contribution in [-0.2, 0) is 13.0 Å². The third-order valence-corrected chi connectivity index (χ3v) is 3.11. The minimum Gasteiger partial charge on any atom is -0.339 e. The SMILES string of the molecule is CCCc1nc(Cn2cc(NC(=O)c3ccncc3)cn2)no1. The minimum atomic E-state index is -0.211. The van der Waals surface area contributed by atoms with Crippen molar-refractivity contribution in [3.63, 3.8) is 0 Å². The lowest BCUT2D eigenvalue weighted by molar-refractivity contribution is 0.102. The summed E-state index contributed by atoms with van der Waals surface area (Å²) in [4.78, 5) is 20.2. The Hall–Kier alpha value is -3.03. The molecule has 0 aromatic carbocycles. The van der Waals surface area contributed by atoms with Crippen LogP contribution in [0.25, 0.3) is 0 Å². The van der Waals surface area contributed by atoms with E-state index in [0.717, 1.165) is 12.8 Å². The third-order valence-electron chi connectivity index (χ3n) is 3.11. The molecule has 8 nitrogen and oxygen atoms in total. The number of hydrogen-bond donors (Lipinski definition) is 1. The molecule has 3 heterocycles. The molecule has 0 fully saturated rings. The van der Waals surface area contributed by atoms with Crippen molar-refractivity contribution in [2.24, 2.45) is 0 Å². The molecule has 0 saturated heterocycles. The van der Waals surface area contributed by atoms with Crippen LogP contribution in [0.5, 0.6) is 0 Å². The summed E-state index contributed by atoms with van der Waals surface area (Å²) in [5.41, 5.74) is 1.14. The molecule has 0 radical (unpaired) electrons. The quantitative estimate of drug-likeness (QED) is 0.746. The maximum absolute atomic E-state index is 12.0. The Bertz CT molecular complexity index is 780. The van der Waals surface area contributed by atoms with E-state index in [9.17, 15) is 4.79 Å². The van der Waals surface area contributed by atoms with E-state index in [0.29, 0.717) is 29.5 Å². The molecule has 3 rings (SSSR count). The molecule has 23 heavy (non-hydrogen) atoms. The molecule has 118 valence electrons. The number of aryl methyl sites for hydroxylation is 1. The minimum absolute atomic E-state index is 0.211. The standard InChI is InChI=1S/C15H16N6O2/c1-2-3-14-19-13(20-23-14)10-21-9-12(8-17-21)18-15(22)11-4-6-16-7-5-11/h4-9H,2-3,10H2,1H3,(H,18,22). The number of anilines is 1. The Balaban J connectivity index is 1.62. The number of carbonyl (C=O) groups is 1. The molecule has 0 spiro atoms. The van der Waals surface area contributed by atoms with Crippen LogP contribution in [0.2, 0.25) is 0 Å². The molecule has 0 saturated carbocycles. The van der Waals surface area contributed by atoms with Gasteiger partial charge in [0.15, 0.2) is 5.82 Å². The first-order valence-corrected chi connectivity index (χ1v) is 7.30. The van der Waals surface area contributed by atoms with Crippen molar-refractivity contribution < 1.29 is 9.32 Å². The second-order valence-corrected chi connectivity index (χ2v) is 4.97. The van der Waals surface area contributed by atoms with Gasteiger partial charge in [0.25, 0.3) is 5.91 Å². The van der Waals surface area contributed by atoms with E-state index < -0.39 is 0 Å². The van der Waals surface area contributed by atoms with Gasteiger partial charge in [0.2, 0.25) is 5.89 Å². The second kappa shape index (κ2) is 6.82. The number of aromatic nitrogens is 5. The molecule has 3 aromatic rings. The Morgan fingerprint density at radius 2 is 2.17 bits per heavy atom. The summed E-state index contributed by atoms with van der Waals surface area (Å²) in [7, 11) is 0. The molecule has 0 aliphatic carbocycles. The zero-order valence-corrected chi connectivity index (χ0v) is 12.6. The fourth-order valence-corrected chi connectivity index (χ4v) is 2.04. The summed E-state index contributed by atoms with van der Waals surface area (Å²) < 4.78 is 6.77. The fourth-order valence-electron chi connectivity index (χ4n) is 2.04. The molecular formula is C15H16N6O2. The number of nitrogens with zero attached hydrogens (tertiary/aromatic N) is 5. The Kier molecular flexibility index (Phi) is 4.41. The second-order valence-electron chi connectivity index (χ2n) is 4.97. The first-order chi connectivity index (χ1) is 11.2. The van der Waals surface area contributed by atoms with Crippen LogP contribution in [-0.4, -0.2) is 30.8 Å². The van der Waals surface area contributed by atoms with Crippen LogP contribution in [0.15, 0.2) is 41.4 Å². The highest BCUT2D eigenvalue weighted by Crippen LogP contribution is 2.09. The summed E-state index contributed by atoms with van der Waals surface area (Å²) in [5, 5.41) is 10.9. The predicted octanol–water partition coefficient (Wildman–Crippen LogP) is 1.91. The monoisotopic (exact) mass is 312 g/mol. The van der Waals surface area contributed by atoms with E-state index in [1.807, 2.05) is 0 Å². The van der Waals surface area contributed by atoms with Gasteiger partial charge in [-0.1, -0.05) is 12.1 Å². The van der Waals surface area contributed by atoms with E-state index >= 15 is 0 Å². The lowest BCUT2D eigenvalue weighted by Crippen LogP contribution is -2.11. The van der Waals surface area contributed by atoms with E-state index in [2.05, 4.69) is 32.5 Å². The summed E-state index contributed by atoms with van der Waals surface area (Å²) >= 11 is 0. The summed E-state index contributed by atoms with van der Waals surface area (Å²) in [6.45, 7) is 2.44. The van der Waals surface area contributed by atoms with Gasteiger partial charge < -0.3 is 9.84 Å². The van der Waals surface area contributed by atoms with Crippen molar-refractivity contribution in [2.75, 3.05) is 5.32 Å². The average molecular weight is 312 g/mol. The largest absolute Gasteiger partial charge is 0.339 e. The van der Waals surface area contributed by atoms with Gasteiger partial charge in [-0.05, 0) is 18.6 Å². The number of hydrogen-bond acceptors (Lipinski definition) is 6. The van der Waals surface area contributed by atoms with Crippen LogP contribution >= 0.6 is 0 Å². The predicted molar refractivity (Wildman–Crippen MR) is 81.8 cm³/mol. The first-order valence-electron chi connectivity index (χ1n) is 7.30. The van der Waals surface area contributed by atoms with E-state index in [-0.39, 0.29) is 5.91 Å². The van der Waals surface area contributed by atoms with E-state index in [1.165, 1.54) is 0 Å². The van der Waals surface area contributed by atoms with Gasteiger partial charge in [-0.15, -0.1) is 0 Å². The molecular weight excluding hydrogens is 296 g/mol. The lowest BCUT2D eigenvalue weighted by Gasteiger charge is -2.01. The third kappa shape index (κ3) is 3.79. The van der Waals surface area contributed by atoms with Gasteiger partial charge in [0, 0.05) is 30.6 Å². The van der Waals surface area contributed by atoms with Crippen LogP contribution < -0.4 is 5.32 Å². The van der Waals surface area contributed by atoms with Crippen molar-refractivity contribution in [2.45, 2.75) is 26.3 Å². The molecule has 1 amide bonds. The van der Waals surface area contributed by atoms with Gasteiger partial charge in [-0.25, -0.2) is 0 Å². The number of carbonyl (C=O) groups excluding carboxylic acids is 1. The van der Waals surface area contributed by atoms with Gasteiger partial charge in [-0.3, -0.25) is 14.5 Å². The van der Waals surface area contributed by atoms with Crippen LogP contribution in [0.1, 0.15) is 35.4 Å². The Morgan fingerprint density at radius 3 is 2.96 bits per heavy atom. The smallest absolute Gasteiger partial charge is 0.255 e. The maximum Gasteiger partial charge on any atom is 0.255 e.